The first kappa shape index (κ1) is 19.3. The van der Waals surface area contributed by atoms with Crippen molar-refractivity contribution in [3.63, 3.8) is 0 Å². The number of amides is 1. The highest BCUT2D eigenvalue weighted by molar-refractivity contribution is 6.00. The predicted molar refractivity (Wildman–Crippen MR) is 90.6 cm³/mol. The minimum absolute atomic E-state index is 0.121. The fourth-order valence-corrected chi connectivity index (χ4v) is 2.41. The molecule has 138 valence electrons. The van der Waals surface area contributed by atoms with Gasteiger partial charge in [-0.15, -0.1) is 6.42 Å². The Labute approximate surface area is 152 Å². The number of hydrogen-bond acceptors (Lipinski definition) is 7. The molecule has 0 aliphatic carbocycles. The van der Waals surface area contributed by atoms with E-state index in [1.165, 1.54) is 31.2 Å². The van der Waals surface area contributed by atoms with Crippen molar-refractivity contribution in [2.24, 2.45) is 5.11 Å². The Morgan fingerprint density at radius 1 is 1.52 bits per heavy atom. The number of benzene rings is 1. The lowest BCUT2D eigenvalue weighted by Crippen LogP contribution is -2.63. The monoisotopic (exact) mass is 371 g/mol. The summed E-state index contributed by atoms with van der Waals surface area (Å²) in [6, 6.07) is 3.09. The molecule has 0 bridgehead atoms. The summed E-state index contributed by atoms with van der Waals surface area (Å²) < 4.78 is 5.05. The zero-order valence-electron chi connectivity index (χ0n) is 14.0. The molecule has 11 nitrogen and oxygen atoms in total. The number of nitro groups is 1. The highest BCUT2D eigenvalue weighted by Gasteiger charge is 2.50. The van der Waals surface area contributed by atoms with Crippen molar-refractivity contribution in [1.82, 2.24) is 4.90 Å². The minimum atomic E-state index is -1.17. The number of nitro benzene ring substituents is 1. The maximum absolute atomic E-state index is 12.3. The van der Waals surface area contributed by atoms with Crippen LogP contribution >= 0.6 is 0 Å². The smallest absolute Gasteiger partial charge is 0.358 e. The summed E-state index contributed by atoms with van der Waals surface area (Å²) in [5, 5.41) is 23.7. The van der Waals surface area contributed by atoms with Crippen molar-refractivity contribution in [3.05, 3.63) is 61.8 Å². The van der Waals surface area contributed by atoms with Crippen molar-refractivity contribution < 1.29 is 24.4 Å². The third-order valence-electron chi connectivity index (χ3n) is 3.71. The van der Waals surface area contributed by atoms with Crippen molar-refractivity contribution in [1.29, 1.82) is 0 Å². The standard InChI is InChI=1S/C16H13N5O6/c1-3-12-13(18-19-17)15(23)20(12)14(9(2)22)16(24)27-8-10-4-6-11(7-5-10)21(25)26/h1,4-7,12-13,22H,8H2,2H3. The van der Waals surface area contributed by atoms with Crippen LogP contribution in [0.4, 0.5) is 5.69 Å². The fourth-order valence-electron chi connectivity index (χ4n) is 2.41. The van der Waals surface area contributed by atoms with Crippen LogP contribution < -0.4 is 0 Å². The number of ether oxygens (including phenoxy) is 1. The van der Waals surface area contributed by atoms with Gasteiger partial charge in [-0.25, -0.2) is 4.79 Å². The van der Waals surface area contributed by atoms with E-state index in [-0.39, 0.29) is 12.3 Å². The van der Waals surface area contributed by atoms with Crippen LogP contribution in [0.1, 0.15) is 12.5 Å². The summed E-state index contributed by atoms with van der Waals surface area (Å²) in [4.78, 5) is 37.8. The van der Waals surface area contributed by atoms with Crippen LogP contribution in [-0.4, -0.2) is 38.9 Å². The van der Waals surface area contributed by atoms with Crippen LogP contribution in [0.15, 0.2) is 40.8 Å². The maximum atomic E-state index is 12.3. The average molecular weight is 371 g/mol. The highest BCUT2D eigenvalue weighted by atomic mass is 16.6. The number of carbonyl (C=O) groups excluding carboxylic acids is 2. The van der Waals surface area contributed by atoms with Crippen LogP contribution in [-0.2, 0) is 20.9 Å². The van der Waals surface area contributed by atoms with E-state index in [9.17, 15) is 24.8 Å². The molecule has 2 rings (SSSR count). The Morgan fingerprint density at radius 2 is 2.15 bits per heavy atom. The van der Waals surface area contributed by atoms with Crippen molar-refractivity contribution in [3.8, 4) is 12.3 Å². The number of non-ortho nitro benzene ring substituents is 1. The van der Waals surface area contributed by atoms with Crippen LogP contribution in [0.25, 0.3) is 10.4 Å². The molecular formula is C16H13N5O6. The number of carbonyl (C=O) groups is 2. The van der Waals surface area contributed by atoms with E-state index < -0.39 is 40.3 Å². The topological polar surface area (TPSA) is 159 Å². The van der Waals surface area contributed by atoms with Gasteiger partial charge >= 0.3 is 5.97 Å². The molecule has 11 heteroatoms. The zero-order valence-corrected chi connectivity index (χ0v) is 14.0. The van der Waals surface area contributed by atoms with Gasteiger partial charge in [0.15, 0.2) is 5.70 Å². The number of allylic oxidation sites excluding steroid dienone is 1. The summed E-state index contributed by atoms with van der Waals surface area (Å²) in [7, 11) is 0. The first-order chi connectivity index (χ1) is 12.8. The summed E-state index contributed by atoms with van der Waals surface area (Å²) in [6.45, 7) is 0.917. The molecule has 1 aromatic rings. The molecular weight excluding hydrogens is 358 g/mol. The first-order valence-electron chi connectivity index (χ1n) is 7.45. The second-order valence-electron chi connectivity index (χ2n) is 5.40. The molecule has 0 spiro atoms. The third kappa shape index (κ3) is 3.81. The average Bonchev–Trinajstić information content (AvgIpc) is 2.64. The lowest BCUT2D eigenvalue weighted by atomic mass is 9.95. The van der Waals surface area contributed by atoms with Gasteiger partial charge in [0.1, 0.15) is 24.4 Å². The van der Waals surface area contributed by atoms with Crippen molar-refractivity contribution >= 4 is 17.6 Å². The van der Waals surface area contributed by atoms with Crippen LogP contribution in [0.3, 0.4) is 0 Å². The molecule has 1 fully saturated rings. The van der Waals surface area contributed by atoms with Gasteiger partial charge in [0, 0.05) is 17.0 Å². The van der Waals surface area contributed by atoms with Crippen molar-refractivity contribution in [2.45, 2.75) is 25.6 Å². The summed E-state index contributed by atoms with van der Waals surface area (Å²) >= 11 is 0. The molecule has 0 saturated carbocycles. The number of aliphatic hydroxyl groups is 1. The first-order valence-corrected chi connectivity index (χ1v) is 7.45. The number of aliphatic hydroxyl groups excluding tert-OH is 1. The van der Waals surface area contributed by atoms with Crippen LogP contribution in [0, 0.1) is 22.5 Å². The highest BCUT2D eigenvalue weighted by Crippen LogP contribution is 2.29. The molecule has 1 aliphatic heterocycles. The number of esters is 1. The van der Waals surface area contributed by atoms with E-state index in [2.05, 4.69) is 15.9 Å². The normalized spacial score (nSPS) is 19.1. The third-order valence-corrected chi connectivity index (χ3v) is 3.71. The van der Waals surface area contributed by atoms with Gasteiger partial charge in [-0.05, 0) is 30.2 Å². The fraction of sp³-hybridized carbons (Fsp3) is 0.250. The molecule has 1 amide bonds. The maximum Gasteiger partial charge on any atom is 0.358 e. The molecule has 2 atom stereocenters. The van der Waals surface area contributed by atoms with E-state index in [4.69, 9.17) is 16.7 Å². The van der Waals surface area contributed by atoms with Gasteiger partial charge in [0.2, 0.25) is 5.91 Å². The largest absolute Gasteiger partial charge is 0.510 e. The summed E-state index contributed by atoms with van der Waals surface area (Å²) in [6.07, 6.45) is 5.31. The van der Waals surface area contributed by atoms with Crippen LogP contribution in [0.5, 0.6) is 0 Å². The Hall–Kier alpha value is -4.03. The number of rotatable bonds is 6. The SMILES string of the molecule is C#CC1C(N=[N+]=[N-])C(=O)N1C(C(=O)OCc1ccc([N+](=O)[O-])cc1)=C(C)O. The molecule has 1 heterocycles. The Kier molecular flexibility index (Phi) is 5.65. The molecule has 1 aromatic carbocycles. The van der Waals surface area contributed by atoms with Gasteiger partial charge < -0.3 is 9.84 Å². The lowest BCUT2D eigenvalue weighted by molar-refractivity contribution is -0.384. The van der Waals surface area contributed by atoms with Gasteiger partial charge in [-0.3, -0.25) is 19.8 Å². The van der Waals surface area contributed by atoms with E-state index in [0.29, 0.717) is 5.56 Å². The van der Waals surface area contributed by atoms with Gasteiger partial charge in [-0.2, -0.15) is 0 Å². The van der Waals surface area contributed by atoms with Crippen molar-refractivity contribution in [2.75, 3.05) is 0 Å². The van der Waals surface area contributed by atoms with Gasteiger partial charge in [0.05, 0.1) is 4.92 Å². The summed E-state index contributed by atoms with van der Waals surface area (Å²) in [5.74, 6) is -0.0527. The Morgan fingerprint density at radius 3 is 2.63 bits per heavy atom. The van der Waals surface area contributed by atoms with E-state index >= 15 is 0 Å². The second kappa shape index (κ2) is 7.90. The molecule has 0 aromatic heterocycles. The van der Waals surface area contributed by atoms with E-state index in [1.807, 2.05) is 0 Å². The zero-order chi connectivity index (χ0) is 20.1. The second-order valence-corrected chi connectivity index (χ2v) is 5.40. The quantitative estimate of drug-likeness (QED) is 0.0768. The van der Waals surface area contributed by atoms with E-state index in [0.717, 1.165) is 4.90 Å². The van der Waals surface area contributed by atoms with E-state index in [1.54, 1.807) is 0 Å². The van der Waals surface area contributed by atoms with Gasteiger partial charge in [0.25, 0.3) is 5.69 Å². The molecule has 1 aliphatic rings. The lowest BCUT2D eigenvalue weighted by Gasteiger charge is -2.42. The molecule has 0 radical (unpaired) electrons. The number of azide groups is 1. The molecule has 1 saturated heterocycles. The molecule has 27 heavy (non-hydrogen) atoms. The minimum Gasteiger partial charge on any atom is -0.510 e. The number of β-lactam (4-membered cyclic amide) rings is 1. The molecule has 2 unspecified atom stereocenters. The number of hydrogen-bond donors (Lipinski definition) is 1. The molecule has 1 N–H and O–H groups in total. The summed E-state index contributed by atoms with van der Waals surface area (Å²) in [5.41, 5.74) is 8.34. The van der Waals surface area contributed by atoms with Crippen LogP contribution in [0.2, 0.25) is 0 Å². The van der Waals surface area contributed by atoms with Gasteiger partial charge in [-0.1, -0.05) is 11.0 Å². The Bertz CT molecular complexity index is 906. The number of nitrogens with zero attached hydrogens (tertiary/aromatic N) is 5. The Balaban J connectivity index is 2.14. The number of likely N-dealkylation sites (tertiary alicyclic amines) is 1. The predicted octanol–water partition coefficient (Wildman–Crippen LogP) is 1.95. The number of terminal acetylenes is 1.